The zero-order valence-corrected chi connectivity index (χ0v) is 15.9. The maximum Gasteiger partial charge on any atom is 0.252 e. The van der Waals surface area contributed by atoms with E-state index in [-0.39, 0.29) is 11.9 Å². The average Bonchev–Trinajstić information content (AvgIpc) is 3.38. The molecule has 1 atom stereocenters. The van der Waals surface area contributed by atoms with Crippen LogP contribution in [0.5, 0.6) is 0 Å². The van der Waals surface area contributed by atoms with Crippen molar-refractivity contribution in [2.45, 2.75) is 32.9 Å². The number of hydrogen-bond donors (Lipinski definition) is 1. The van der Waals surface area contributed by atoms with Crippen LogP contribution < -0.4 is 5.32 Å². The summed E-state index contributed by atoms with van der Waals surface area (Å²) in [6.07, 6.45) is 4.20. The minimum absolute atomic E-state index is 0.0917. The molecular weight excluding hydrogens is 352 g/mol. The molecule has 4 rings (SSSR count). The molecule has 0 spiro atoms. The van der Waals surface area contributed by atoms with Crippen molar-refractivity contribution in [1.29, 1.82) is 0 Å². The van der Waals surface area contributed by atoms with E-state index in [2.05, 4.69) is 10.4 Å². The van der Waals surface area contributed by atoms with Crippen LogP contribution in [0, 0.1) is 0 Å². The number of nitrogens with one attached hydrogen (secondary N) is 1. The fourth-order valence-corrected chi connectivity index (χ4v) is 3.06. The lowest BCUT2D eigenvalue weighted by atomic mass is 10.1. The van der Waals surface area contributed by atoms with Crippen LogP contribution in [0.2, 0.25) is 0 Å². The van der Waals surface area contributed by atoms with Crippen LogP contribution in [0.15, 0.2) is 65.4 Å². The number of amides is 1. The van der Waals surface area contributed by atoms with Crippen molar-refractivity contribution >= 4 is 16.9 Å². The molecule has 3 heterocycles. The second-order valence-electron chi connectivity index (χ2n) is 6.82. The van der Waals surface area contributed by atoms with Gasteiger partial charge in [0.2, 0.25) is 0 Å². The number of nitrogens with zero attached hydrogens (tertiary/aromatic N) is 3. The standard InChI is InChI=1S/C22H22N4O2/c1-3-15(2)24-22(27)18-12-20(16-8-5-4-6-9-16)25-21-19(18)13-23-26(21)14-17-10-7-11-28-17/h4-13,15H,3,14H2,1-2H3,(H,24,27). The topological polar surface area (TPSA) is 73.0 Å². The Labute approximate surface area is 163 Å². The lowest BCUT2D eigenvalue weighted by Gasteiger charge is -2.13. The molecule has 0 aliphatic heterocycles. The fraction of sp³-hybridized carbons (Fsp3) is 0.227. The summed E-state index contributed by atoms with van der Waals surface area (Å²) in [5.41, 5.74) is 2.93. The SMILES string of the molecule is CCC(C)NC(=O)c1cc(-c2ccccc2)nc2c1cnn2Cc1ccco1. The molecule has 28 heavy (non-hydrogen) atoms. The number of furan rings is 1. The Morgan fingerprint density at radius 3 is 2.75 bits per heavy atom. The maximum absolute atomic E-state index is 12.9. The van der Waals surface area contributed by atoms with Gasteiger partial charge >= 0.3 is 0 Å². The highest BCUT2D eigenvalue weighted by Crippen LogP contribution is 2.25. The number of rotatable bonds is 6. The molecule has 1 aromatic carbocycles. The van der Waals surface area contributed by atoms with Gasteiger partial charge in [0.1, 0.15) is 12.3 Å². The minimum atomic E-state index is -0.114. The lowest BCUT2D eigenvalue weighted by molar-refractivity contribution is 0.0941. The third kappa shape index (κ3) is 3.53. The van der Waals surface area contributed by atoms with E-state index >= 15 is 0 Å². The third-order valence-electron chi connectivity index (χ3n) is 4.80. The lowest BCUT2D eigenvalue weighted by Crippen LogP contribution is -2.32. The van der Waals surface area contributed by atoms with Crippen LogP contribution in [-0.2, 0) is 6.54 Å². The number of carbonyl (C=O) groups excluding carboxylic acids is 1. The molecular formula is C22H22N4O2. The summed E-state index contributed by atoms with van der Waals surface area (Å²) in [7, 11) is 0. The van der Waals surface area contributed by atoms with Gasteiger partial charge in [0.05, 0.1) is 29.1 Å². The number of carbonyl (C=O) groups is 1. The van der Waals surface area contributed by atoms with Gasteiger partial charge in [-0.1, -0.05) is 37.3 Å². The zero-order chi connectivity index (χ0) is 19.5. The Balaban J connectivity index is 1.84. The molecule has 0 radical (unpaired) electrons. The summed E-state index contributed by atoms with van der Waals surface area (Å²) in [4.78, 5) is 17.8. The van der Waals surface area contributed by atoms with Crippen molar-refractivity contribution < 1.29 is 9.21 Å². The second kappa shape index (κ2) is 7.68. The van der Waals surface area contributed by atoms with Crippen molar-refractivity contribution in [2.75, 3.05) is 0 Å². The summed E-state index contributed by atoms with van der Waals surface area (Å²) in [5.74, 6) is 0.666. The van der Waals surface area contributed by atoms with Crippen LogP contribution in [0.1, 0.15) is 36.4 Å². The highest BCUT2D eigenvalue weighted by molar-refractivity contribution is 6.06. The number of benzene rings is 1. The van der Waals surface area contributed by atoms with Gasteiger partial charge in [-0.15, -0.1) is 0 Å². The Morgan fingerprint density at radius 2 is 2.04 bits per heavy atom. The normalized spacial score (nSPS) is 12.2. The predicted octanol–water partition coefficient (Wildman–Crippen LogP) is 4.27. The van der Waals surface area contributed by atoms with E-state index in [1.54, 1.807) is 17.1 Å². The molecule has 0 saturated carbocycles. The highest BCUT2D eigenvalue weighted by Gasteiger charge is 2.19. The molecule has 6 nitrogen and oxygen atoms in total. The quantitative estimate of drug-likeness (QED) is 0.547. The van der Waals surface area contributed by atoms with E-state index in [9.17, 15) is 4.79 Å². The molecule has 1 amide bonds. The largest absolute Gasteiger partial charge is 0.467 e. The van der Waals surface area contributed by atoms with E-state index in [0.29, 0.717) is 17.8 Å². The van der Waals surface area contributed by atoms with Gasteiger partial charge in [-0.25, -0.2) is 9.67 Å². The molecule has 4 aromatic rings. The smallest absolute Gasteiger partial charge is 0.252 e. The van der Waals surface area contributed by atoms with Crippen molar-refractivity contribution in [3.05, 3.63) is 72.3 Å². The summed E-state index contributed by atoms with van der Waals surface area (Å²) < 4.78 is 7.21. The first kappa shape index (κ1) is 18.0. The van der Waals surface area contributed by atoms with Gasteiger partial charge in [0.25, 0.3) is 5.91 Å². The van der Waals surface area contributed by atoms with E-state index in [4.69, 9.17) is 9.40 Å². The second-order valence-corrected chi connectivity index (χ2v) is 6.82. The van der Waals surface area contributed by atoms with Crippen LogP contribution in [0.25, 0.3) is 22.3 Å². The molecule has 6 heteroatoms. The first-order valence-corrected chi connectivity index (χ1v) is 9.41. The molecule has 0 bridgehead atoms. The Kier molecular flexibility index (Phi) is 4.93. The minimum Gasteiger partial charge on any atom is -0.467 e. The number of pyridine rings is 1. The molecule has 0 aliphatic rings. The first-order chi connectivity index (χ1) is 13.7. The van der Waals surface area contributed by atoms with Gasteiger partial charge in [0.15, 0.2) is 5.65 Å². The van der Waals surface area contributed by atoms with Gasteiger partial charge in [-0.2, -0.15) is 5.10 Å². The zero-order valence-electron chi connectivity index (χ0n) is 15.9. The van der Waals surface area contributed by atoms with Gasteiger partial charge in [-0.3, -0.25) is 4.79 Å². The monoisotopic (exact) mass is 374 g/mol. The number of hydrogen-bond acceptors (Lipinski definition) is 4. The Hall–Kier alpha value is -3.41. The molecule has 0 fully saturated rings. The summed E-state index contributed by atoms with van der Waals surface area (Å²) in [6.45, 7) is 4.49. The van der Waals surface area contributed by atoms with E-state index in [1.165, 1.54) is 0 Å². The van der Waals surface area contributed by atoms with Crippen molar-refractivity contribution in [2.24, 2.45) is 0 Å². The summed E-state index contributed by atoms with van der Waals surface area (Å²) >= 11 is 0. The maximum atomic E-state index is 12.9. The molecule has 1 N–H and O–H groups in total. The fourth-order valence-electron chi connectivity index (χ4n) is 3.06. The van der Waals surface area contributed by atoms with Gasteiger partial charge < -0.3 is 9.73 Å². The summed E-state index contributed by atoms with van der Waals surface area (Å²) in [6, 6.07) is 15.5. The van der Waals surface area contributed by atoms with Crippen LogP contribution in [0.3, 0.4) is 0 Å². The first-order valence-electron chi connectivity index (χ1n) is 9.41. The number of aromatic nitrogens is 3. The third-order valence-corrected chi connectivity index (χ3v) is 4.80. The Morgan fingerprint density at radius 1 is 1.21 bits per heavy atom. The Bertz CT molecular complexity index is 1080. The molecule has 142 valence electrons. The van der Waals surface area contributed by atoms with E-state index in [0.717, 1.165) is 28.8 Å². The molecule has 1 unspecified atom stereocenters. The summed E-state index contributed by atoms with van der Waals surface area (Å²) in [5, 5.41) is 8.24. The van der Waals surface area contributed by atoms with E-state index in [1.807, 2.05) is 62.4 Å². The van der Waals surface area contributed by atoms with Crippen molar-refractivity contribution in [1.82, 2.24) is 20.1 Å². The van der Waals surface area contributed by atoms with Crippen LogP contribution >= 0.6 is 0 Å². The van der Waals surface area contributed by atoms with Gasteiger partial charge in [-0.05, 0) is 31.5 Å². The average molecular weight is 374 g/mol. The molecule has 3 aromatic heterocycles. The molecule has 0 saturated heterocycles. The number of fused-ring (bicyclic) bond motifs is 1. The van der Waals surface area contributed by atoms with Crippen LogP contribution in [0.4, 0.5) is 0 Å². The molecule has 0 aliphatic carbocycles. The van der Waals surface area contributed by atoms with E-state index < -0.39 is 0 Å². The van der Waals surface area contributed by atoms with Crippen molar-refractivity contribution in [3.8, 4) is 11.3 Å². The highest BCUT2D eigenvalue weighted by atomic mass is 16.3. The predicted molar refractivity (Wildman–Crippen MR) is 108 cm³/mol. The van der Waals surface area contributed by atoms with Crippen molar-refractivity contribution in [3.63, 3.8) is 0 Å². The van der Waals surface area contributed by atoms with Gasteiger partial charge in [0, 0.05) is 11.6 Å². The van der Waals surface area contributed by atoms with Crippen LogP contribution in [-0.4, -0.2) is 26.7 Å².